The molecule has 10 aromatic rings. The number of carbonyl (C=O) groups is 7. The van der Waals surface area contributed by atoms with Crippen molar-refractivity contribution < 1.29 is 62.8 Å². The average Bonchev–Trinajstić information content (AvgIpc) is 1.60. The van der Waals surface area contributed by atoms with Crippen molar-refractivity contribution in [1.29, 1.82) is 0 Å². The van der Waals surface area contributed by atoms with E-state index in [1.165, 1.54) is 7.11 Å². The summed E-state index contributed by atoms with van der Waals surface area (Å²) in [4.78, 5) is 79.2. The number of halogens is 1. The highest BCUT2D eigenvalue weighted by molar-refractivity contribution is 9.09. The minimum Gasteiger partial charge on any atom is -0.481 e. The molecule has 14 N–H and O–H groups in total. The van der Waals surface area contributed by atoms with Gasteiger partial charge in [-0.3, -0.25) is 53.6 Å². The van der Waals surface area contributed by atoms with Gasteiger partial charge in [-0.2, -0.15) is 20.4 Å². The second kappa shape index (κ2) is 42.2. The van der Waals surface area contributed by atoms with Gasteiger partial charge in [0.15, 0.2) is 16.6 Å². The molecule has 0 aliphatic carbocycles. The van der Waals surface area contributed by atoms with Crippen LogP contribution in [-0.4, -0.2) is 146 Å². The Morgan fingerprint density at radius 1 is 0.558 bits per heavy atom. The molecule has 4 aromatic heterocycles. The Hall–Kier alpha value is -9.66. The summed E-state index contributed by atoms with van der Waals surface area (Å²) in [5.74, 6) is -3.86. The number of aliphatic carboxylic acids is 1. The van der Waals surface area contributed by atoms with Gasteiger partial charge in [0.1, 0.15) is 5.69 Å². The number of benzene rings is 6. The maximum atomic E-state index is 12.6. The lowest BCUT2D eigenvalue weighted by molar-refractivity contribution is -0.136. The third-order valence-corrected chi connectivity index (χ3v) is 26.6. The molecule has 104 heavy (non-hydrogen) atoms. The number of ether oxygens (including phenoxy) is 1. The summed E-state index contributed by atoms with van der Waals surface area (Å²) in [6.07, 6.45) is 2.94. The molecule has 5 heterocycles. The Labute approximate surface area is 619 Å². The minimum absolute atomic E-state index is 0. The van der Waals surface area contributed by atoms with E-state index in [1.54, 1.807) is 47.1 Å². The van der Waals surface area contributed by atoms with E-state index in [-0.39, 0.29) is 69.2 Å². The number of aromatic amines is 2. The molecule has 0 spiro atoms. The summed E-state index contributed by atoms with van der Waals surface area (Å²) in [6.45, 7) is 25.7. The number of aliphatic hydroxyl groups is 1. The number of aromatic nitrogens is 8. The first-order valence-electron chi connectivity index (χ1n) is 32.7. The third-order valence-electron chi connectivity index (χ3n) is 17.0. The van der Waals surface area contributed by atoms with E-state index in [2.05, 4.69) is 124 Å². The number of carboxylic acid groups (broad SMARTS) is 1. The predicted octanol–water partition coefficient (Wildman–Crippen LogP) is 12.7. The molecule has 0 atom stereocenters. The Balaban J connectivity index is 0.000000435. The average molecular weight is 1530 g/mol. The van der Waals surface area contributed by atoms with E-state index < -0.39 is 46.2 Å². The fraction of sp³-hybridized carbons (Fsp3) is 0.355. The van der Waals surface area contributed by atoms with Crippen molar-refractivity contribution in [3.8, 4) is 0 Å². The van der Waals surface area contributed by atoms with E-state index in [4.69, 9.17) is 30.5 Å². The smallest absolute Gasteiger partial charge is 0.379 e. The van der Waals surface area contributed by atoms with Gasteiger partial charge < -0.3 is 46.9 Å². The quantitative estimate of drug-likeness (QED) is 0.00594. The molecule has 11 rings (SSSR count). The van der Waals surface area contributed by atoms with Crippen molar-refractivity contribution in [2.24, 2.45) is 11.5 Å². The number of hydrogen-bond acceptors (Lipinski definition) is 16. The van der Waals surface area contributed by atoms with Crippen molar-refractivity contribution >= 4 is 129 Å². The summed E-state index contributed by atoms with van der Waals surface area (Å²) in [6, 6.07) is 48.0. The van der Waals surface area contributed by atoms with Crippen molar-refractivity contribution in [2.75, 3.05) is 32.3 Å². The van der Waals surface area contributed by atoms with Crippen molar-refractivity contribution in [2.45, 2.75) is 144 Å². The van der Waals surface area contributed by atoms with E-state index in [9.17, 15) is 33.6 Å². The van der Waals surface area contributed by atoms with Crippen LogP contribution in [0.3, 0.4) is 0 Å². The molecular formula is C76H105BrN12O13Si2. The maximum absolute atomic E-state index is 12.6. The number of nitrogens with two attached hydrogens (primary N) is 2. The normalized spacial score (nSPS) is 11.7. The number of hydrogen-bond donors (Lipinski definition) is 8. The fourth-order valence-electron chi connectivity index (χ4n) is 9.71. The van der Waals surface area contributed by atoms with Crippen LogP contribution in [0.25, 0.3) is 54.8 Å². The van der Waals surface area contributed by atoms with E-state index in [1.807, 2.05) is 120 Å². The number of primary amides is 2. The van der Waals surface area contributed by atoms with Gasteiger partial charge in [0.05, 0.1) is 76.7 Å². The van der Waals surface area contributed by atoms with Gasteiger partial charge in [-0.15, -0.1) is 0 Å². The van der Waals surface area contributed by atoms with E-state index in [0.717, 1.165) is 92.9 Å². The standard InChI is InChI=1S/C20H17N3O3.C18H29N3O2Si.C9H21BrOSi.C9H9N3O.C9H8N2O2.C9H8O3.2CH4.H3N.H2O/c24-12-6-11-23-15-10-5-4-9-14(15)18(22-23)17-16(19(25)21-20(17)26)13-7-2-1-3-8-13;1-18(2,3)24(4,5)23-12-8-11-21-16-10-7-6-9-14(16)15(20-21)13-17(19)22;1-9(2,3)12(4,5)11-8-6-7-10;10-9(13)5-8-6-3-1-2-4-7(6)11-12-8;12-9(13)5-8-6-3-1-2-4-7(6)10-11-8;1-12-9(11)8(10)7-5-3-2-4-6-7;;;;/h1-5,7-10,24H,6,11-12H2,(H,21,25,26);6-7,9-10H,8,11-13H2,1-5H3,(H2,19,22);6-8H2,1-5H3;1-4H,5H2,(H2,10,13)(H,11,12);1-4H,5H2,(H,10,11)(H,12,13);2-6H,1H3;2*1H4;1H3;1H2. The topological polar surface area (TPSA) is 411 Å². The van der Waals surface area contributed by atoms with Crippen LogP contribution in [0.1, 0.15) is 114 Å². The highest BCUT2D eigenvalue weighted by Crippen LogP contribution is 2.38. The van der Waals surface area contributed by atoms with E-state index >= 15 is 0 Å². The number of amides is 4. The molecule has 4 amide bonds. The van der Waals surface area contributed by atoms with Crippen LogP contribution in [0.5, 0.6) is 0 Å². The Morgan fingerprint density at radius 3 is 1.46 bits per heavy atom. The minimum atomic E-state index is -1.70. The number of alkyl halides is 1. The number of fused-ring (bicyclic) bond motifs is 4. The molecule has 0 radical (unpaired) electrons. The molecule has 562 valence electrons. The summed E-state index contributed by atoms with van der Waals surface area (Å²) < 4.78 is 20.2. The molecule has 25 nitrogen and oxygen atoms in total. The molecule has 0 bridgehead atoms. The lowest BCUT2D eigenvalue weighted by Crippen LogP contribution is -2.41. The third kappa shape index (κ3) is 25.3. The monoisotopic (exact) mass is 1530 g/mol. The van der Waals surface area contributed by atoms with Crippen LogP contribution in [0.15, 0.2) is 158 Å². The molecule has 6 aromatic carbocycles. The van der Waals surface area contributed by atoms with Gasteiger partial charge in [0.2, 0.25) is 11.8 Å². The number of carbonyl (C=O) groups excluding carboxylic acids is 6. The summed E-state index contributed by atoms with van der Waals surface area (Å²) in [7, 11) is -1.98. The number of ketones is 1. The van der Waals surface area contributed by atoms with Crippen LogP contribution in [0.2, 0.25) is 36.3 Å². The molecule has 28 heteroatoms. The zero-order chi connectivity index (χ0) is 73.4. The van der Waals surface area contributed by atoms with Crippen LogP contribution in [0.4, 0.5) is 0 Å². The fourth-order valence-corrected chi connectivity index (χ4v) is 12.1. The highest BCUT2D eigenvalue weighted by Gasteiger charge is 2.38. The first-order valence-corrected chi connectivity index (χ1v) is 39.7. The molecule has 1 aliphatic heterocycles. The van der Waals surface area contributed by atoms with Gasteiger partial charge in [-0.25, -0.2) is 4.79 Å². The number of H-pyrrole nitrogens is 2. The van der Waals surface area contributed by atoms with Gasteiger partial charge in [0.25, 0.3) is 17.6 Å². The lowest BCUT2D eigenvalue weighted by Gasteiger charge is -2.36. The number of esters is 1. The highest BCUT2D eigenvalue weighted by atomic mass is 79.9. The predicted molar refractivity (Wildman–Crippen MR) is 421 cm³/mol. The van der Waals surface area contributed by atoms with Gasteiger partial charge in [-0.05, 0) is 85.4 Å². The number of aryl methyl sites for hydroxylation is 2. The zero-order valence-electron chi connectivity index (χ0n) is 59.9. The van der Waals surface area contributed by atoms with Gasteiger partial charge >= 0.3 is 11.9 Å². The second-order valence-electron chi connectivity index (χ2n) is 26.3. The van der Waals surface area contributed by atoms with Crippen LogP contribution in [0, 0.1) is 0 Å². The maximum Gasteiger partial charge on any atom is 0.379 e. The number of nitrogens with zero attached hydrogens (tertiary/aromatic N) is 6. The van der Waals surface area contributed by atoms with Gasteiger partial charge in [0, 0.05) is 65.3 Å². The number of para-hydroxylation sites is 4. The van der Waals surface area contributed by atoms with Crippen molar-refractivity contribution in [3.05, 3.63) is 192 Å². The number of aliphatic hydroxyl groups excluding tert-OH is 1. The first-order chi connectivity index (χ1) is 47.4. The zero-order valence-corrected chi connectivity index (χ0v) is 63.5. The van der Waals surface area contributed by atoms with Crippen LogP contribution in [-0.2, 0) is 74.7 Å². The molecular weight excluding hydrogens is 1420 g/mol. The van der Waals surface area contributed by atoms with Crippen molar-refractivity contribution in [1.82, 2.24) is 51.4 Å². The number of Topliss-reactive ketones (excluding diaryl/α,β-unsaturated/α-hetero) is 1. The SMILES string of the molecule is C.C.CC(C)(C)[Si](C)(C)OCCCBr.CC(C)(C)[Si](C)(C)OCCCn1nc(CC(N)=O)c2ccccc21.COC(=O)C(=O)c1ccccc1.N.NC(=O)Cc1[nH]nc2ccccc12.O.O=C(O)Cc1[nH]nc2ccccc12.O=C1NC(=O)C(c2nn(CCCO)c3ccccc23)=C1c1ccccc1. The number of nitrogens with one attached hydrogen (secondary N) is 3. The number of rotatable bonds is 22. The van der Waals surface area contributed by atoms with Crippen LogP contribution >= 0.6 is 15.9 Å². The summed E-state index contributed by atoms with van der Waals surface area (Å²) in [5, 5.41) is 48.1. The summed E-state index contributed by atoms with van der Waals surface area (Å²) in [5.41, 5.74) is 18.3. The van der Waals surface area contributed by atoms with Crippen LogP contribution < -0.4 is 22.9 Å². The summed E-state index contributed by atoms with van der Waals surface area (Å²) >= 11 is 3.40. The first kappa shape index (κ1) is 90.4. The Morgan fingerprint density at radius 2 is 0.981 bits per heavy atom. The van der Waals surface area contributed by atoms with Crippen molar-refractivity contribution in [3.63, 3.8) is 0 Å². The lowest BCUT2D eigenvalue weighted by atomic mass is 9.98. The van der Waals surface area contributed by atoms with Gasteiger partial charge in [-0.1, -0.05) is 206 Å². The van der Waals surface area contributed by atoms with E-state index in [0.29, 0.717) is 51.7 Å². The molecule has 0 saturated heterocycles. The molecule has 0 unspecified atom stereocenters. The largest absolute Gasteiger partial charge is 0.481 e. The number of methoxy groups -OCH3 is 1. The number of carboxylic acids is 1. The molecule has 0 saturated carbocycles. The Bertz CT molecular complexity index is 4360. The Kier molecular flexibility index (Phi) is 36.7. The molecule has 0 fully saturated rings. The number of imide groups is 1. The molecule has 1 aliphatic rings. The second-order valence-corrected chi connectivity index (χ2v) is 36.8.